The molecule has 2 aromatic heterocycles. The van der Waals surface area contributed by atoms with Gasteiger partial charge in [-0.25, -0.2) is 0 Å². The Morgan fingerprint density at radius 2 is 1.71 bits per heavy atom. The molecule has 3 aromatic carbocycles. The summed E-state index contributed by atoms with van der Waals surface area (Å²) in [5.74, 6) is 1.40. The van der Waals surface area contributed by atoms with Gasteiger partial charge in [0.2, 0.25) is 5.82 Å². The Hall–Kier alpha value is -4.26. The van der Waals surface area contributed by atoms with E-state index in [-0.39, 0.29) is 11.4 Å². The van der Waals surface area contributed by atoms with Crippen LogP contribution in [0, 0.1) is 6.92 Å². The molecule has 0 spiro atoms. The highest BCUT2D eigenvalue weighted by Gasteiger charge is 2.19. The molecule has 0 saturated heterocycles. The third kappa shape index (κ3) is 3.36. The van der Waals surface area contributed by atoms with Gasteiger partial charge in [0, 0.05) is 10.9 Å². The van der Waals surface area contributed by atoms with Gasteiger partial charge in [0.05, 0.1) is 18.2 Å². The molecule has 5 rings (SSSR count). The fourth-order valence-corrected chi connectivity index (χ4v) is 3.47. The zero-order valence-electron chi connectivity index (χ0n) is 16.9. The quantitative estimate of drug-likeness (QED) is 0.436. The minimum absolute atomic E-state index is 0.233. The molecule has 152 valence electrons. The van der Waals surface area contributed by atoms with Crippen molar-refractivity contribution in [1.82, 2.24) is 19.9 Å². The van der Waals surface area contributed by atoms with Crippen molar-refractivity contribution in [2.45, 2.75) is 6.92 Å². The molecule has 0 N–H and O–H groups in total. The van der Waals surface area contributed by atoms with E-state index < -0.39 is 0 Å². The first-order valence-electron chi connectivity index (χ1n) is 9.71. The summed E-state index contributed by atoms with van der Waals surface area (Å²) in [7, 11) is 1.59. The molecule has 0 atom stereocenters. The lowest BCUT2D eigenvalue weighted by Gasteiger charge is -2.09. The monoisotopic (exact) mass is 410 g/mol. The second-order valence-corrected chi connectivity index (χ2v) is 7.10. The summed E-state index contributed by atoms with van der Waals surface area (Å²) in [6.45, 7) is 2.00. The summed E-state index contributed by atoms with van der Waals surface area (Å²) in [6, 6.07) is 22.2. The van der Waals surface area contributed by atoms with Gasteiger partial charge in [-0.05, 0) is 43.3 Å². The van der Waals surface area contributed by atoms with Crippen LogP contribution in [0.4, 0.5) is 0 Å². The van der Waals surface area contributed by atoms with Gasteiger partial charge in [-0.2, -0.15) is 14.8 Å². The summed E-state index contributed by atoms with van der Waals surface area (Å²) < 4.78 is 12.1. The van der Waals surface area contributed by atoms with Crippen LogP contribution < -0.4 is 10.3 Å². The smallest absolute Gasteiger partial charge is 0.279 e. The Morgan fingerprint density at radius 3 is 2.45 bits per heavy atom. The maximum Gasteiger partial charge on any atom is 0.279 e. The largest absolute Gasteiger partial charge is 0.497 e. The van der Waals surface area contributed by atoms with E-state index in [1.165, 1.54) is 4.68 Å². The Bertz CT molecular complexity index is 1450. The van der Waals surface area contributed by atoms with E-state index in [2.05, 4.69) is 15.2 Å². The van der Waals surface area contributed by atoms with Gasteiger partial charge < -0.3 is 9.26 Å². The number of aromatic nitrogens is 4. The standard InChI is InChI=1S/C24H18N4O3/c1-15-6-5-7-16(14-15)22-25-23(31-27-22)21-19-8-3-4-9-20(19)24(29)28(26-21)17-10-12-18(30-2)13-11-17/h3-14H,1-2H3. The van der Waals surface area contributed by atoms with Crippen LogP contribution in [-0.2, 0) is 0 Å². The van der Waals surface area contributed by atoms with E-state index in [4.69, 9.17) is 9.26 Å². The second kappa shape index (κ2) is 7.53. The number of hydrogen-bond donors (Lipinski definition) is 0. The summed E-state index contributed by atoms with van der Waals surface area (Å²) in [5, 5.41) is 9.88. The number of nitrogens with zero attached hydrogens (tertiary/aromatic N) is 4. The van der Waals surface area contributed by atoms with Gasteiger partial charge >= 0.3 is 0 Å². The van der Waals surface area contributed by atoms with Crippen LogP contribution in [0.25, 0.3) is 39.4 Å². The first-order chi connectivity index (χ1) is 15.1. The summed E-state index contributed by atoms with van der Waals surface area (Å²) >= 11 is 0. The number of fused-ring (bicyclic) bond motifs is 1. The topological polar surface area (TPSA) is 83.0 Å². The third-order valence-electron chi connectivity index (χ3n) is 5.03. The summed E-state index contributed by atoms with van der Waals surface area (Å²) in [5.41, 5.74) is 2.76. The molecule has 0 bridgehead atoms. The van der Waals surface area contributed by atoms with Crippen molar-refractivity contribution in [1.29, 1.82) is 0 Å². The molecule has 0 aliphatic rings. The van der Waals surface area contributed by atoms with Gasteiger partial charge in [-0.3, -0.25) is 4.79 Å². The van der Waals surface area contributed by atoms with Crippen molar-refractivity contribution < 1.29 is 9.26 Å². The predicted octanol–water partition coefficient (Wildman–Crippen LogP) is 4.42. The zero-order chi connectivity index (χ0) is 21.4. The van der Waals surface area contributed by atoms with Crippen LogP contribution in [0.2, 0.25) is 0 Å². The molecular weight excluding hydrogens is 392 g/mol. The molecule has 5 aromatic rings. The molecular formula is C24H18N4O3. The van der Waals surface area contributed by atoms with Crippen LogP contribution >= 0.6 is 0 Å². The zero-order valence-corrected chi connectivity index (χ0v) is 16.9. The molecule has 31 heavy (non-hydrogen) atoms. The van der Waals surface area contributed by atoms with E-state index in [0.29, 0.717) is 33.7 Å². The number of aryl methyl sites for hydroxylation is 1. The Kier molecular flexibility index (Phi) is 4.55. The summed E-state index contributed by atoms with van der Waals surface area (Å²) in [4.78, 5) is 17.7. The van der Waals surface area contributed by atoms with Crippen molar-refractivity contribution >= 4 is 10.8 Å². The average Bonchev–Trinajstić information content (AvgIpc) is 3.30. The SMILES string of the molecule is COc1ccc(-n2nc(-c3nc(-c4cccc(C)c4)no3)c3ccccc3c2=O)cc1. The molecule has 0 fully saturated rings. The molecule has 0 aliphatic carbocycles. The van der Waals surface area contributed by atoms with Gasteiger partial charge in [-0.1, -0.05) is 47.1 Å². The first kappa shape index (κ1) is 18.7. The molecule has 0 aliphatic heterocycles. The lowest BCUT2D eigenvalue weighted by molar-refractivity contribution is 0.414. The Morgan fingerprint density at radius 1 is 0.935 bits per heavy atom. The van der Waals surface area contributed by atoms with Crippen LogP contribution in [-0.4, -0.2) is 27.0 Å². The van der Waals surface area contributed by atoms with Crippen molar-refractivity contribution in [2.75, 3.05) is 7.11 Å². The van der Waals surface area contributed by atoms with E-state index in [0.717, 1.165) is 11.1 Å². The van der Waals surface area contributed by atoms with Crippen LogP contribution in [0.3, 0.4) is 0 Å². The fraction of sp³-hybridized carbons (Fsp3) is 0.0833. The molecule has 0 saturated carbocycles. The highest BCUT2D eigenvalue weighted by Crippen LogP contribution is 2.27. The Labute approximate surface area is 177 Å². The van der Waals surface area contributed by atoms with Gasteiger partial charge in [-0.15, -0.1) is 0 Å². The number of methoxy groups -OCH3 is 1. The van der Waals surface area contributed by atoms with Crippen LogP contribution in [0.1, 0.15) is 5.56 Å². The highest BCUT2D eigenvalue weighted by molar-refractivity contribution is 5.92. The lowest BCUT2D eigenvalue weighted by Crippen LogP contribution is -2.22. The maximum absolute atomic E-state index is 13.1. The van der Waals surface area contributed by atoms with Gasteiger partial charge in [0.1, 0.15) is 5.75 Å². The first-order valence-corrected chi connectivity index (χ1v) is 9.71. The molecule has 0 amide bonds. The van der Waals surface area contributed by atoms with E-state index in [1.807, 2.05) is 49.4 Å². The molecule has 2 heterocycles. The number of benzene rings is 3. The molecule has 7 nitrogen and oxygen atoms in total. The van der Waals surface area contributed by atoms with E-state index >= 15 is 0 Å². The number of hydrogen-bond acceptors (Lipinski definition) is 6. The fourth-order valence-electron chi connectivity index (χ4n) is 3.47. The van der Waals surface area contributed by atoms with E-state index in [1.54, 1.807) is 37.4 Å². The maximum atomic E-state index is 13.1. The minimum atomic E-state index is -0.233. The second-order valence-electron chi connectivity index (χ2n) is 7.10. The van der Waals surface area contributed by atoms with Crippen molar-refractivity contribution in [2.24, 2.45) is 0 Å². The van der Waals surface area contributed by atoms with Crippen molar-refractivity contribution in [3.63, 3.8) is 0 Å². The van der Waals surface area contributed by atoms with Crippen molar-refractivity contribution in [3.05, 3.63) is 88.7 Å². The third-order valence-corrected chi connectivity index (χ3v) is 5.03. The Balaban J connectivity index is 1.70. The summed E-state index contributed by atoms with van der Waals surface area (Å²) in [6.07, 6.45) is 0. The predicted molar refractivity (Wildman–Crippen MR) is 117 cm³/mol. The average molecular weight is 410 g/mol. The molecule has 7 heteroatoms. The van der Waals surface area contributed by atoms with Crippen LogP contribution in [0.5, 0.6) is 5.75 Å². The van der Waals surface area contributed by atoms with Gasteiger partial charge in [0.25, 0.3) is 11.4 Å². The number of rotatable bonds is 4. The van der Waals surface area contributed by atoms with E-state index in [9.17, 15) is 4.79 Å². The number of ether oxygens (including phenoxy) is 1. The van der Waals surface area contributed by atoms with Crippen LogP contribution in [0.15, 0.2) is 82.1 Å². The van der Waals surface area contributed by atoms with Gasteiger partial charge in [0.15, 0.2) is 5.69 Å². The normalized spacial score (nSPS) is 11.0. The highest BCUT2D eigenvalue weighted by atomic mass is 16.5. The minimum Gasteiger partial charge on any atom is -0.497 e. The lowest BCUT2D eigenvalue weighted by atomic mass is 10.1. The van der Waals surface area contributed by atoms with Crippen molar-refractivity contribution in [3.8, 4) is 34.4 Å². The molecule has 0 unspecified atom stereocenters. The molecule has 0 radical (unpaired) electrons.